The lowest BCUT2D eigenvalue weighted by atomic mass is 10.1. The third-order valence-corrected chi connectivity index (χ3v) is 6.44. The van der Waals surface area contributed by atoms with E-state index in [4.69, 9.17) is 9.47 Å². The van der Waals surface area contributed by atoms with Crippen LogP contribution in [-0.4, -0.2) is 44.5 Å². The molecular weight excluding hydrogens is 506 g/mol. The van der Waals surface area contributed by atoms with Crippen molar-refractivity contribution in [3.8, 4) is 22.8 Å². The van der Waals surface area contributed by atoms with Gasteiger partial charge in [-0.2, -0.15) is 10.2 Å². The van der Waals surface area contributed by atoms with Gasteiger partial charge in [0.2, 0.25) is 0 Å². The number of alkyl halides is 2. The molecule has 0 aliphatic heterocycles. The van der Waals surface area contributed by atoms with Crippen LogP contribution in [0.25, 0.3) is 16.9 Å². The largest absolute Gasteiger partial charge is 0.497 e. The quantitative estimate of drug-likeness (QED) is 0.285. The van der Waals surface area contributed by atoms with E-state index in [1.807, 2.05) is 31.2 Å². The van der Waals surface area contributed by atoms with Gasteiger partial charge in [-0.1, -0.05) is 24.3 Å². The van der Waals surface area contributed by atoms with Crippen LogP contribution in [0.4, 0.5) is 14.5 Å². The lowest BCUT2D eigenvalue weighted by molar-refractivity contribution is 0.102. The number of anilines is 1. The summed E-state index contributed by atoms with van der Waals surface area (Å²) in [7, 11) is 3.09. The van der Waals surface area contributed by atoms with Crippen molar-refractivity contribution in [2.75, 3.05) is 19.5 Å². The average Bonchev–Trinajstić information content (AvgIpc) is 3.48. The van der Waals surface area contributed by atoms with Crippen molar-refractivity contribution in [2.24, 2.45) is 0 Å². The number of hydrogen-bond donors (Lipinski definition) is 1. The lowest BCUT2D eigenvalue weighted by Gasteiger charge is -2.11. The Hall–Kier alpha value is -4.80. The highest BCUT2D eigenvalue weighted by Gasteiger charge is 2.24. The Kier molecular flexibility index (Phi) is 6.97. The molecule has 0 fully saturated rings. The molecule has 11 heteroatoms. The summed E-state index contributed by atoms with van der Waals surface area (Å²) in [6, 6.07) is 15.8. The molecule has 3 aromatic heterocycles. The minimum absolute atomic E-state index is 0.00489. The molecule has 200 valence electrons. The van der Waals surface area contributed by atoms with Crippen LogP contribution >= 0.6 is 0 Å². The highest BCUT2D eigenvalue weighted by molar-refractivity contribution is 6.08. The number of para-hydroxylation sites is 1. The minimum Gasteiger partial charge on any atom is -0.497 e. The molecule has 9 nitrogen and oxygen atoms in total. The monoisotopic (exact) mass is 532 g/mol. The van der Waals surface area contributed by atoms with E-state index in [2.05, 4.69) is 20.5 Å². The molecule has 3 heterocycles. The van der Waals surface area contributed by atoms with E-state index < -0.39 is 18.0 Å². The number of halogens is 2. The summed E-state index contributed by atoms with van der Waals surface area (Å²) in [5, 5.41) is 11.5. The van der Waals surface area contributed by atoms with E-state index in [1.165, 1.54) is 19.4 Å². The fourth-order valence-corrected chi connectivity index (χ4v) is 4.45. The van der Waals surface area contributed by atoms with Crippen molar-refractivity contribution >= 4 is 17.2 Å². The first kappa shape index (κ1) is 25.8. The Labute approximate surface area is 223 Å². The number of amides is 1. The Bertz CT molecular complexity index is 1680. The molecule has 0 bridgehead atoms. The highest BCUT2D eigenvalue weighted by atomic mass is 19.3. The summed E-state index contributed by atoms with van der Waals surface area (Å²) in [5.74, 6) is 0.663. The zero-order valence-corrected chi connectivity index (χ0v) is 21.8. The fourth-order valence-electron chi connectivity index (χ4n) is 4.45. The number of aromatic nitrogens is 5. The minimum atomic E-state index is -2.85. The standard InChI is InChI=1S/C28H26F2N6O3/c1-16-25(17(2)35(34-16)15-18-8-7-9-19(12-18)38-3)33-28(37)21-14-31-36-23(26(29)30)13-22(32-27(21)36)20-10-5-6-11-24(20)39-4/h5-14,26H,15H2,1-4H3,(H,33,37). The third kappa shape index (κ3) is 4.90. The fraction of sp³-hybridized carbons (Fsp3) is 0.214. The van der Waals surface area contributed by atoms with Gasteiger partial charge in [0.25, 0.3) is 12.3 Å². The van der Waals surface area contributed by atoms with Gasteiger partial charge in [-0.25, -0.2) is 18.3 Å². The molecule has 2 aromatic carbocycles. The summed E-state index contributed by atoms with van der Waals surface area (Å²) in [4.78, 5) is 18.0. The molecule has 0 saturated heterocycles. The van der Waals surface area contributed by atoms with E-state index in [9.17, 15) is 13.6 Å². The predicted molar refractivity (Wildman–Crippen MR) is 142 cm³/mol. The summed E-state index contributed by atoms with van der Waals surface area (Å²) < 4.78 is 41.5. The molecule has 1 amide bonds. The SMILES string of the molecule is COc1cccc(Cn2nc(C)c(NC(=O)c3cnn4c(C(F)F)cc(-c5ccccc5OC)nc34)c2C)c1. The zero-order chi connectivity index (χ0) is 27.7. The van der Waals surface area contributed by atoms with Crippen LogP contribution in [0.1, 0.15) is 39.4 Å². The number of nitrogens with zero attached hydrogens (tertiary/aromatic N) is 5. The Morgan fingerprint density at radius 2 is 1.85 bits per heavy atom. The first-order valence-corrected chi connectivity index (χ1v) is 12.1. The molecule has 0 aliphatic carbocycles. The molecule has 0 aliphatic rings. The van der Waals surface area contributed by atoms with E-state index >= 15 is 0 Å². The molecule has 0 spiro atoms. The molecule has 5 aromatic rings. The van der Waals surface area contributed by atoms with Gasteiger partial charge >= 0.3 is 0 Å². The second-order valence-electron chi connectivity index (χ2n) is 8.87. The van der Waals surface area contributed by atoms with E-state index in [-0.39, 0.29) is 16.9 Å². The maximum Gasteiger partial charge on any atom is 0.280 e. The van der Waals surface area contributed by atoms with Gasteiger partial charge in [0.05, 0.1) is 49.7 Å². The van der Waals surface area contributed by atoms with Crippen molar-refractivity contribution in [1.82, 2.24) is 24.4 Å². The smallest absolute Gasteiger partial charge is 0.280 e. The van der Waals surface area contributed by atoms with Gasteiger partial charge in [-0.05, 0) is 49.7 Å². The van der Waals surface area contributed by atoms with Gasteiger partial charge in [0.15, 0.2) is 5.65 Å². The summed E-state index contributed by atoms with van der Waals surface area (Å²) >= 11 is 0. The first-order valence-electron chi connectivity index (χ1n) is 12.1. The Morgan fingerprint density at radius 3 is 2.59 bits per heavy atom. The Balaban J connectivity index is 1.50. The molecule has 39 heavy (non-hydrogen) atoms. The lowest BCUT2D eigenvalue weighted by Crippen LogP contribution is -2.14. The van der Waals surface area contributed by atoms with Gasteiger partial charge in [0.1, 0.15) is 22.8 Å². The number of carbonyl (C=O) groups excluding carboxylic acids is 1. The second kappa shape index (κ2) is 10.5. The number of methoxy groups -OCH3 is 2. The first-order chi connectivity index (χ1) is 18.8. The van der Waals surface area contributed by atoms with Crippen molar-refractivity contribution in [2.45, 2.75) is 26.8 Å². The van der Waals surface area contributed by atoms with Gasteiger partial charge in [-0.3, -0.25) is 9.48 Å². The second-order valence-corrected chi connectivity index (χ2v) is 8.87. The molecule has 0 saturated carbocycles. The van der Waals surface area contributed by atoms with Crippen molar-refractivity contribution in [1.29, 1.82) is 0 Å². The summed E-state index contributed by atoms with van der Waals surface area (Å²) in [5.41, 5.74) is 3.26. The molecule has 0 unspecified atom stereocenters. The topological polar surface area (TPSA) is 95.6 Å². The van der Waals surface area contributed by atoms with Crippen molar-refractivity contribution in [3.63, 3.8) is 0 Å². The number of benzene rings is 2. The number of ether oxygens (including phenoxy) is 2. The van der Waals surface area contributed by atoms with E-state index in [0.29, 0.717) is 29.2 Å². The molecule has 0 radical (unpaired) electrons. The van der Waals surface area contributed by atoms with Gasteiger partial charge in [-0.15, -0.1) is 0 Å². The number of carbonyl (C=O) groups is 1. The number of fused-ring (bicyclic) bond motifs is 1. The van der Waals surface area contributed by atoms with E-state index in [0.717, 1.165) is 21.5 Å². The van der Waals surface area contributed by atoms with Crippen molar-refractivity contribution < 1.29 is 23.0 Å². The van der Waals surface area contributed by atoms with Crippen LogP contribution in [0, 0.1) is 13.8 Å². The highest BCUT2D eigenvalue weighted by Crippen LogP contribution is 2.32. The number of nitrogens with one attached hydrogen (secondary N) is 1. The average molecular weight is 533 g/mol. The van der Waals surface area contributed by atoms with Crippen LogP contribution < -0.4 is 14.8 Å². The molecule has 1 N–H and O–H groups in total. The summed E-state index contributed by atoms with van der Waals surface area (Å²) in [6.07, 6.45) is -1.61. The van der Waals surface area contributed by atoms with Crippen LogP contribution in [0.3, 0.4) is 0 Å². The summed E-state index contributed by atoms with van der Waals surface area (Å²) in [6.45, 7) is 4.10. The van der Waals surface area contributed by atoms with Crippen molar-refractivity contribution in [3.05, 3.63) is 89.0 Å². The van der Waals surface area contributed by atoms with Crippen LogP contribution in [-0.2, 0) is 6.54 Å². The van der Waals surface area contributed by atoms with Gasteiger partial charge < -0.3 is 14.8 Å². The van der Waals surface area contributed by atoms with E-state index in [1.54, 1.807) is 43.0 Å². The van der Waals surface area contributed by atoms with Crippen LogP contribution in [0.5, 0.6) is 11.5 Å². The number of aryl methyl sites for hydroxylation is 1. The normalized spacial score (nSPS) is 11.3. The zero-order valence-electron chi connectivity index (χ0n) is 21.8. The maximum absolute atomic E-state index is 14.0. The third-order valence-electron chi connectivity index (χ3n) is 6.44. The molecule has 0 atom stereocenters. The predicted octanol–water partition coefficient (Wildman–Crippen LogP) is 5.47. The Morgan fingerprint density at radius 1 is 1.05 bits per heavy atom. The van der Waals surface area contributed by atoms with Gasteiger partial charge in [0, 0.05) is 5.56 Å². The van der Waals surface area contributed by atoms with Crippen LogP contribution in [0.15, 0.2) is 60.8 Å². The molecular formula is C28H26F2N6O3. The van der Waals surface area contributed by atoms with Crippen LogP contribution in [0.2, 0.25) is 0 Å². The molecule has 5 rings (SSSR count). The number of hydrogen-bond acceptors (Lipinski definition) is 6. The number of rotatable bonds is 8. The maximum atomic E-state index is 14.0.